The number of hydrogen-bond acceptors (Lipinski definition) is 2. The van der Waals surface area contributed by atoms with Crippen LogP contribution in [0.15, 0.2) is 60.7 Å². The Morgan fingerprint density at radius 2 is 1.00 bits per heavy atom. The summed E-state index contributed by atoms with van der Waals surface area (Å²) in [4.78, 5) is 0. The molecule has 6 aromatic rings. The second kappa shape index (κ2) is 11.1. The van der Waals surface area contributed by atoms with Gasteiger partial charge in [0.1, 0.15) is 0 Å². The van der Waals surface area contributed by atoms with Crippen LogP contribution in [0.1, 0.15) is 22.3 Å². The van der Waals surface area contributed by atoms with Crippen molar-refractivity contribution in [1.29, 1.82) is 0 Å². The summed E-state index contributed by atoms with van der Waals surface area (Å²) in [6.07, 6.45) is 0. The average Bonchev–Trinajstić information content (AvgIpc) is 3.46. The van der Waals surface area contributed by atoms with Crippen molar-refractivity contribution >= 4 is 68.5 Å². The first-order chi connectivity index (χ1) is 15.3. The van der Waals surface area contributed by atoms with Gasteiger partial charge in [0.15, 0.2) is 0 Å². The van der Waals surface area contributed by atoms with Crippen molar-refractivity contribution in [1.82, 2.24) is 0 Å². The number of rotatable bonds is 0. The van der Waals surface area contributed by atoms with E-state index in [1.165, 1.54) is 62.6 Å². The SMILES string of the molecule is C[Si](C)=[Zr].Cc1[cH-]c2c(sc3ccccc32)c1C.Cc1[cH-]c2c(sc3ccccc32)c1C.[Cl-]. The van der Waals surface area contributed by atoms with Gasteiger partial charge < -0.3 is 12.4 Å². The van der Waals surface area contributed by atoms with E-state index in [1.54, 1.807) is 23.3 Å². The number of halogens is 1. The van der Waals surface area contributed by atoms with Crippen LogP contribution in [0.25, 0.3) is 40.3 Å². The number of thiophene rings is 2. The first kappa shape index (κ1) is 26.6. The summed E-state index contributed by atoms with van der Waals surface area (Å²) in [6, 6.07) is 21.9. The molecule has 170 valence electrons. The normalized spacial score (nSPS) is 10.6. The molecule has 2 aromatic heterocycles. The Hall–Kier alpha value is -1.03. The van der Waals surface area contributed by atoms with Crippen LogP contribution in [0.4, 0.5) is 0 Å². The summed E-state index contributed by atoms with van der Waals surface area (Å²) in [5, 5.41) is 5.67. The van der Waals surface area contributed by atoms with Crippen molar-refractivity contribution in [3.8, 4) is 0 Å². The monoisotopic (exact) mass is 581 g/mol. The standard InChI is InChI=1S/2C13H11S.C2H6Si.ClH.Zr/c2*1-8-7-11-10-5-3-4-6-12(10)14-13(11)9(8)2;1-3-2;;/h2*3-7H,1-2H3;1-2H3;1H;/q2*-1;;;/p-1. The third-order valence-electron chi connectivity index (χ3n) is 5.85. The second-order valence-electron chi connectivity index (χ2n) is 8.59. The Balaban J connectivity index is 0.000000156. The van der Waals surface area contributed by atoms with Crippen LogP contribution in [0.2, 0.25) is 13.1 Å². The van der Waals surface area contributed by atoms with Gasteiger partial charge in [0.05, 0.1) is 0 Å². The minimum Gasteiger partial charge on any atom is -1.00 e. The van der Waals surface area contributed by atoms with E-state index in [9.17, 15) is 0 Å². The quantitative estimate of drug-likeness (QED) is 0.140. The van der Waals surface area contributed by atoms with Gasteiger partial charge in [0.2, 0.25) is 0 Å². The van der Waals surface area contributed by atoms with E-state index in [0.29, 0.717) is 0 Å². The van der Waals surface area contributed by atoms with E-state index in [-0.39, 0.29) is 17.8 Å². The molecule has 0 aliphatic heterocycles. The van der Waals surface area contributed by atoms with Gasteiger partial charge >= 0.3 is 41.9 Å². The molecule has 0 unspecified atom stereocenters. The molecule has 0 amide bonds. The minimum atomic E-state index is 0. The maximum atomic E-state index is 2.31. The van der Waals surface area contributed by atoms with E-state index in [1.807, 2.05) is 22.7 Å². The number of benzene rings is 2. The Kier molecular flexibility index (Phi) is 8.97. The fourth-order valence-electron chi connectivity index (χ4n) is 3.98. The maximum absolute atomic E-state index is 2.31. The van der Waals surface area contributed by atoms with E-state index in [4.69, 9.17) is 0 Å². The summed E-state index contributed by atoms with van der Waals surface area (Å²) < 4.78 is 5.73. The molecule has 5 heteroatoms. The van der Waals surface area contributed by atoms with E-state index < -0.39 is 0 Å². The van der Waals surface area contributed by atoms with Crippen molar-refractivity contribution in [2.75, 3.05) is 0 Å². The van der Waals surface area contributed by atoms with E-state index >= 15 is 0 Å². The van der Waals surface area contributed by atoms with Crippen LogP contribution in [0, 0.1) is 27.7 Å². The van der Waals surface area contributed by atoms with Gasteiger partial charge in [-0.3, -0.25) is 0 Å². The predicted molar refractivity (Wildman–Crippen MR) is 146 cm³/mol. The first-order valence-corrected chi connectivity index (χ1v) is 18.7. The van der Waals surface area contributed by atoms with Crippen molar-refractivity contribution in [3.63, 3.8) is 0 Å². The molecule has 0 saturated heterocycles. The third-order valence-corrected chi connectivity index (χ3v) is 8.47. The van der Waals surface area contributed by atoms with Crippen LogP contribution in [0.3, 0.4) is 0 Å². The fraction of sp³-hybridized carbons (Fsp3) is 0.214. The number of fused-ring (bicyclic) bond motifs is 6. The Bertz CT molecular complexity index is 1440. The molecule has 0 bridgehead atoms. The molecule has 0 nitrogen and oxygen atoms in total. The largest absolute Gasteiger partial charge is 1.00 e. The van der Waals surface area contributed by atoms with Gasteiger partial charge in [0.25, 0.3) is 0 Å². The van der Waals surface area contributed by atoms with Gasteiger partial charge in [-0.15, -0.1) is 45.2 Å². The van der Waals surface area contributed by atoms with Crippen molar-refractivity contribution < 1.29 is 35.7 Å². The molecule has 33 heavy (non-hydrogen) atoms. The van der Waals surface area contributed by atoms with Crippen molar-refractivity contribution in [3.05, 3.63) is 82.9 Å². The van der Waals surface area contributed by atoms with Gasteiger partial charge in [-0.05, 0) is 9.40 Å². The van der Waals surface area contributed by atoms with Gasteiger partial charge in [0, 0.05) is 0 Å². The van der Waals surface area contributed by atoms with Crippen LogP contribution in [-0.2, 0) is 23.3 Å². The van der Waals surface area contributed by atoms with Crippen LogP contribution in [-0.4, -0.2) is 5.43 Å². The summed E-state index contributed by atoms with van der Waals surface area (Å²) in [5.41, 5.74) is 5.93. The van der Waals surface area contributed by atoms with Gasteiger partial charge in [-0.1, -0.05) is 96.4 Å². The third kappa shape index (κ3) is 5.46. The summed E-state index contributed by atoms with van der Waals surface area (Å²) in [6.45, 7) is 13.4. The Labute approximate surface area is 226 Å². The molecule has 0 aliphatic rings. The predicted octanol–water partition coefficient (Wildman–Crippen LogP) is 6.57. The van der Waals surface area contributed by atoms with Gasteiger partial charge in [-0.2, -0.15) is 0 Å². The minimum absolute atomic E-state index is 0. The molecular formula is C28H28ClS2SiZr-3. The Morgan fingerprint density at radius 1 is 0.667 bits per heavy atom. The Morgan fingerprint density at radius 3 is 1.36 bits per heavy atom. The topological polar surface area (TPSA) is 0 Å². The molecule has 0 radical (unpaired) electrons. The summed E-state index contributed by atoms with van der Waals surface area (Å²) in [5.74, 6) is 0. The zero-order valence-electron chi connectivity index (χ0n) is 20.0. The molecule has 0 spiro atoms. The van der Waals surface area contributed by atoms with Crippen molar-refractivity contribution in [2.24, 2.45) is 0 Å². The fourth-order valence-corrected chi connectivity index (χ4v) is 6.48. The first-order valence-electron chi connectivity index (χ1n) is 10.9. The molecule has 0 saturated carbocycles. The van der Waals surface area contributed by atoms with E-state index in [0.717, 1.165) is 0 Å². The number of hydrogen-bond donors (Lipinski definition) is 0. The molecule has 0 atom stereocenters. The smallest absolute Gasteiger partial charge is 0.0169 e. The van der Waals surface area contributed by atoms with Gasteiger partial charge in [-0.25, -0.2) is 22.7 Å². The average molecular weight is 583 g/mol. The molecular weight excluding hydrogens is 555 g/mol. The molecule has 0 aliphatic carbocycles. The van der Waals surface area contributed by atoms with E-state index in [2.05, 4.69) is 101 Å². The maximum Gasteiger partial charge on any atom is -0.0169 e. The zero-order chi connectivity index (χ0) is 23.0. The molecule has 2 heterocycles. The molecule has 0 N–H and O–H groups in total. The second-order valence-corrected chi connectivity index (χ2v) is 20.1. The van der Waals surface area contributed by atoms with Crippen molar-refractivity contribution in [2.45, 2.75) is 40.8 Å². The molecule has 0 fully saturated rings. The zero-order valence-corrected chi connectivity index (χ0v) is 25.8. The van der Waals surface area contributed by atoms with Crippen LogP contribution in [0.5, 0.6) is 0 Å². The van der Waals surface area contributed by atoms with Crippen LogP contribution < -0.4 is 12.4 Å². The van der Waals surface area contributed by atoms with Crippen LogP contribution >= 0.6 is 22.7 Å². The summed E-state index contributed by atoms with van der Waals surface area (Å²) >= 11 is 5.56. The molecule has 4 aromatic carbocycles. The molecule has 6 rings (SSSR count). The number of aryl methyl sites for hydroxylation is 4. The summed E-state index contributed by atoms with van der Waals surface area (Å²) in [7, 11) is 0.